The Labute approximate surface area is 165 Å². The number of ether oxygens (including phenoxy) is 2. The first kappa shape index (κ1) is 20.0. The van der Waals surface area contributed by atoms with E-state index in [1.54, 1.807) is 35.2 Å². The number of nitrogens with zero attached hydrogens (tertiary/aromatic N) is 1. The van der Waals surface area contributed by atoms with Crippen LogP contribution in [0.1, 0.15) is 20.8 Å². The van der Waals surface area contributed by atoms with Gasteiger partial charge in [0.05, 0.1) is 28.8 Å². The number of methoxy groups -OCH3 is 1. The Morgan fingerprint density at radius 2 is 1.96 bits per heavy atom. The average molecular weight is 404 g/mol. The number of anilines is 2. The first-order valence-corrected chi connectivity index (χ1v) is 10.4. The lowest BCUT2D eigenvalue weighted by Gasteiger charge is -2.26. The van der Waals surface area contributed by atoms with Crippen molar-refractivity contribution in [1.29, 1.82) is 0 Å². The summed E-state index contributed by atoms with van der Waals surface area (Å²) in [6.45, 7) is 6.25. The number of benzene rings is 2. The molecule has 0 bridgehead atoms. The average Bonchev–Trinajstić information content (AvgIpc) is 2.76. The van der Waals surface area contributed by atoms with E-state index in [1.807, 2.05) is 20.8 Å². The molecule has 28 heavy (non-hydrogen) atoms. The van der Waals surface area contributed by atoms with Crippen LogP contribution in [-0.4, -0.2) is 34.6 Å². The summed E-state index contributed by atoms with van der Waals surface area (Å²) in [6, 6.07) is 11.1. The van der Waals surface area contributed by atoms with Crippen molar-refractivity contribution in [3.05, 3.63) is 42.5 Å². The van der Waals surface area contributed by atoms with E-state index in [9.17, 15) is 13.2 Å². The van der Waals surface area contributed by atoms with Crippen LogP contribution in [0.4, 0.5) is 11.4 Å². The molecule has 1 amide bonds. The Kier molecular flexibility index (Phi) is 5.25. The van der Waals surface area contributed by atoms with Gasteiger partial charge in [0.1, 0.15) is 18.1 Å². The predicted octanol–water partition coefficient (Wildman–Crippen LogP) is 3.27. The molecule has 0 unspecified atom stereocenters. The van der Waals surface area contributed by atoms with Crippen molar-refractivity contribution < 1.29 is 22.7 Å². The number of rotatable bonds is 5. The summed E-state index contributed by atoms with van der Waals surface area (Å²) >= 11 is 0. The van der Waals surface area contributed by atoms with Crippen LogP contribution in [0.5, 0.6) is 11.5 Å². The lowest BCUT2D eigenvalue weighted by molar-refractivity contribution is -0.127. The molecule has 1 aliphatic rings. The van der Waals surface area contributed by atoms with Gasteiger partial charge < -0.3 is 14.4 Å². The van der Waals surface area contributed by atoms with Gasteiger partial charge in [-0.2, -0.15) is 0 Å². The number of hydrogen-bond donors (Lipinski definition) is 1. The van der Waals surface area contributed by atoms with Crippen molar-refractivity contribution in [2.24, 2.45) is 5.41 Å². The topological polar surface area (TPSA) is 84.9 Å². The van der Waals surface area contributed by atoms with Crippen LogP contribution < -0.4 is 19.1 Å². The van der Waals surface area contributed by atoms with E-state index in [4.69, 9.17) is 9.47 Å². The largest absolute Gasteiger partial charge is 0.497 e. The number of carbonyl (C=O) groups excluding carboxylic acids is 1. The highest BCUT2D eigenvalue weighted by molar-refractivity contribution is 7.92. The van der Waals surface area contributed by atoms with Gasteiger partial charge in [0.2, 0.25) is 5.91 Å². The smallest absolute Gasteiger partial charge is 0.262 e. The van der Waals surface area contributed by atoms with Gasteiger partial charge in [0, 0.05) is 18.7 Å². The molecule has 2 aromatic rings. The molecule has 0 fully saturated rings. The molecule has 0 saturated heterocycles. The van der Waals surface area contributed by atoms with Crippen LogP contribution in [0.15, 0.2) is 47.4 Å². The first-order chi connectivity index (χ1) is 13.2. The first-order valence-electron chi connectivity index (χ1n) is 8.93. The van der Waals surface area contributed by atoms with Crippen molar-refractivity contribution in [1.82, 2.24) is 0 Å². The van der Waals surface area contributed by atoms with Gasteiger partial charge in [-0.25, -0.2) is 8.42 Å². The van der Waals surface area contributed by atoms with E-state index in [-0.39, 0.29) is 17.4 Å². The molecule has 150 valence electrons. The molecule has 7 nitrogen and oxygen atoms in total. The lowest BCUT2D eigenvalue weighted by Crippen LogP contribution is -2.42. The standard InChI is InChI=1S/C20H24N2O5S/c1-5-22-17-10-9-14(11-18(17)27-13-20(2,3)19(22)23)21-28(24,25)16-8-6-7-15(12-16)26-4/h6-12,21H,5,13H2,1-4H3. The summed E-state index contributed by atoms with van der Waals surface area (Å²) in [4.78, 5) is 14.5. The molecule has 1 aliphatic heterocycles. The van der Waals surface area contributed by atoms with Crippen LogP contribution in [0.3, 0.4) is 0 Å². The van der Waals surface area contributed by atoms with E-state index < -0.39 is 15.4 Å². The summed E-state index contributed by atoms with van der Waals surface area (Å²) in [6.07, 6.45) is 0. The Bertz CT molecular complexity index is 1000. The second-order valence-corrected chi connectivity index (χ2v) is 8.87. The molecule has 1 heterocycles. The van der Waals surface area contributed by atoms with Crippen molar-refractivity contribution in [2.45, 2.75) is 25.7 Å². The predicted molar refractivity (Wildman–Crippen MR) is 108 cm³/mol. The number of nitrogens with one attached hydrogen (secondary N) is 1. The molecule has 8 heteroatoms. The van der Waals surface area contributed by atoms with Gasteiger partial charge in [0.15, 0.2) is 0 Å². The van der Waals surface area contributed by atoms with Gasteiger partial charge >= 0.3 is 0 Å². The lowest BCUT2D eigenvalue weighted by atomic mass is 9.93. The van der Waals surface area contributed by atoms with Gasteiger partial charge in [0.25, 0.3) is 10.0 Å². The Morgan fingerprint density at radius 3 is 2.64 bits per heavy atom. The van der Waals surface area contributed by atoms with Crippen LogP contribution in [0, 0.1) is 5.41 Å². The van der Waals surface area contributed by atoms with Crippen molar-refractivity contribution in [3.8, 4) is 11.5 Å². The Balaban J connectivity index is 1.94. The fourth-order valence-corrected chi connectivity index (χ4v) is 4.09. The van der Waals surface area contributed by atoms with Crippen molar-refractivity contribution >= 4 is 27.3 Å². The molecule has 0 saturated carbocycles. The third-order valence-electron chi connectivity index (χ3n) is 4.58. The molecule has 0 atom stereocenters. The van der Waals surface area contributed by atoms with Gasteiger partial charge in [-0.05, 0) is 45.0 Å². The molecular formula is C20H24N2O5S. The number of carbonyl (C=O) groups is 1. The molecule has 1 N–H and O–H groups in total. The summed E-state index contributed by atoms with van der Waals surface area (Å²) in [5.74, 6) is 0.887. The van der Waals surface area contributed by atoms with Crippen molar-refractivity contribution in [2.75, 3.05) is 29.9 Å². The van der Waals surface area contributed by atoms with Crippen molar-refractivity contribution in [3.63, 3.8) is 0 Å². The summed E-state index contributed by atoms with van der Waals surface area (Å²) in [7, 11) is -2.32. The van der Waals surface area contributed by atoms with Gasteiger partial charge in [-0.15, -0.1) is 0 Å². The SMILES string of the molecule is CCN1C(=O)C(C)(C)COc2cc(NS(=O)(=O)c3cccc(OC)c3)ccc21. The van der Waals surface area contributed by atoms with E-state index in [1.165, 1.54) is 19.2 Å². The van der Waals surface area contributed by atoms with E-state index >= 15 is 0 Å². The summed E-state index contributed by atoms with van der Waals surface area (Å²) in [5, 5.41) is 0. The molecule has 0 aromatic heterocycles. The highest BCUT2D eigenvalue weighted by Crippen LogP contribution is 2.38. The molecule has 3 rings (SSSR count). The third-order valence-corrected chi connectivity index (χ3v) is 5.96. The zero-order valence-corrected chi connectivity index (χ0v) is 17.2. The van der Waals surface area contributed by atoms with Crippen LogP contribution in [0.25, 0.3) is 0 Å². The number of sulfonamides is 1. The van der Waals surface area contributed by atoms with Crippen LogP contribution in [-0.2, 0) is 14.8 Å². The minimum atomic E-state index is -3.80. The third kappa shape index (κ3) is 3.77. The number of fused-ring (bicyclic) bond motifs is 1. The highest BCUT2D eigenvalue weighted by atomic mass is 32.2. The minimum absolute atomic E-state index is 0.0292. The molecule has 0 aliphatic carbocycles. The fraction of sp³-hybridized carbons (Fsp3) is 0.350. The van der Waals surface area contributed by atoms with E-state index in [0.717, 1.165) is 0 Å². The summed E-state index contributed by atoms with van der Waals surface area (Å²) in [5.41, 5.74) is 0.308. The number of hydrogen-bond acceptors (Lipinski definition) is 5. The second-order valence-electron chi connectivity index (χ2n) is 7.19. The normalized spacial score (nSPS) is 16.0. The summed E-state index contributed by atoms with van der Waals surface area (Å²) < 4.78 is 38.9. The zero-order valence-electron chi connectivity index (χ0n) is 16.4. The Morgan fingerprint density at radius 1 is 1.21 bits per heavy atom. The highest BCUT2D eigenvalue weighted by Gasteiger charge is 2.37. The molecule has 2 aromatic carbocycles. The van der Waals surface area contributed by atoms with Gasteiger partial charge in [-0.1, -0.05) is 6.07 Å². The maximum Gasteiger partial charge on any atom is 0.262 e. The van der Waals surface area contributed by atoms with E-state index in [0.29, 0.717) is 29.4 Å². The fourth-order valence-electron chi connectivity index (χ4n) is 3.01. The quantitative estimate of drug-likeness (QED) is 0.827. The Hall–Kier alpha value is -2.74. The minimum Gasteiger partial charge on any atom is -0.497 e. The zero-order chi connectivity index (χ0) is 20.5. The van der Waals surface area contributed by atoms with Crippen LogP contribution in [0.2, 0.25) is 0 Å². The van der Waals surface area contributed by atoms with Crippen LogP contribution >= 0.6 is 0 Å². The number of amides is 1. The maximum absolute atomic E-state index is 12.7. The molecule has 0 radical (unpaired) electrons. The van der Waals surface area contributed by atoms with Gasteiger partial charge in [-0.3, -0.25) is 9.52 Å². The second kappa shape index (κ2) is 7.35. The van der Waals surface area contributed by atoms with E-state index in [2.05, 4.69) is 4.72 Å². The molecule has 0 spiro atoms. The molecular weight excluding hydrogens is 380 g/mol. The maximum atomic E-state index is 12.7. The monoisotopic (exact) mass is 404 g/mol.